The number of aromatic nitrogens is 4. The highest BCUT2D eigenvalue weighted by molar-refractivity contribution is 8.00. The van der Waals surface area contributed by atoms with Crippen LogP contribution < -0.4 is 20.7 Å². The van der Waals surface area contributed by atoms with Gasteiger partial charge in [-0.2, -0.15) is 5.26 Å². The summed E-state index contributed by atoms with van der Waals surface area (Å²) in [5, 5.41) is 15.1. The maximum atomic E-state index is 9.36. The smallest absolute Gasteiger partial charge is 0.183 e. The normalized spacial score (nSPS) is 12.9. The first kappa shape index (κ1) is 34.0. The lowest BCUT2D eigenvalue weighted by Crippen LogP contribution is -2.74. The molecule has 2 aliphatic heterocycles. The minimum atomic E-state index is -2.71. The van der Waals surface area contributed by atoms with Gasteiger partial charge in [0.05, 0.1) is 11.6 Å². The Bertz CT molecular complexity index is 3080. The third kappa shape index (κ3) is 5.38. The van der Waals surface area contributed by atoms with Crippen LogP contribution in [0.25, 0.3) is 67.7 Å². The maximum Gasteiger partial charge on any atom is 0.183 e. The van der Waals surface area contributed by atoms with Gasteiger partial charge in [0.1, 0.15) is 5.69 Å². The van der Waals surface area contributed by atoms with Crippen LogP contribution in [-0.4, -0.2) is 28.0 Å². The van der Waals surface area contributed by atoms with E-state index in [1.54, 1.807) is 0 Å². The summed E-state index contributed by atoms with van der Waals surface area (Å²) >= 11 is 1.88. The molecule has 0 amide bonds. The van der Waals surface area contributed by atoms with Crippen LogP contribution in [0.1, 0.15) is 5.56 Å². The van der Waals surface area contributed by atoms with Crippen molar-refractivity contribution in [3.63, 3.8) is 0 Å². The average Bonchev–Trinajstić information content (AvgIpc) is 3.59. The molecule has 5 nitrogen and oxygen atoms in total. The highest BCUT2D eigenvalue weighted by atomic mass is 32.2. The van der Waals surface area contributed by atoms with Crippen molar-refractivity contribution in [2.45, 2.75) is 9.79 Å². The Kier molecular flexibility index (Phi) is 8.07. The van der Waals surface area contributed by atoms with E-state index in [1.807, 2.05) is 90.8 Å². The van der Waals surface area contributed by atoms with Crippen molar-refractivity contribution in [1.82, 2.24) is 19.9 Å². The number of nitrogens with zero attached hydrogens (tertiary/aromatic N) is 5. The number of rotatable bonds is 5. The molecule has 2 aromatic heterocycles. The summed E-state index contributed by atoms with van der Waals surface area (Å²) in [4.78, 5) is 23.0. The molecule has 0 fully saturated rings. The van der Waals surface area contributed by atoms with Gasteiger partial charge in [-0.3, -0.25) is 4.98 Å². The van der Waals surface area contributed by atoms with Crippen LogP contribution >= 0.6 is 11.8 Å². The lowest BCUT2D eigenvalue weighted by atomic mass is 9.99. The minimum absolute atomic E-state index is 0.503. The maximum absolute atomic E-state index is 9.36. The molecule has 270 valence electrons. The number of nitriles is 1. The van der Waals surface area contributed by atoms with E-state index in [0.29, 0.717) is 28.7 Å². The van der Waals surface area contributed by atoms with Crippen molar-refractivity contribution in [2.75, 3.05) is 0 Å². The molecule has 0 unspecified atom stereocenters. The first-order valence-corrected chi connectivity index (χ1v) is 22.0. The second-order valence-corrected chi connectivity index (χ2v) is 19.2. The third-order valence-electron chi connectivity index (χ3n) is 11.3. The zero-order valence-corrected chi connectivity index (χ0v) is 32.9. The molecular weight excluding hydrogens is 743 g/mol. The predicted molar refractivity (Wildman–Crippen MR) is 236 cm³/mol. The Balaban J connectivity index is 1.10. The van der Waals surface area contributed by atoms with Crippen molar-refractivity contribution >= 4 is 40.6 Å². The lowest BCUT2D eigenvalue weighted by Gasteiger charge is -2.37. The second kappa shape index (κ2) is 13.7. The van der Waals surface area contributed by atoms with Crippen molar-refractivity contribution < 1.29 is 0 Å². The Morgan fingerprint density at radius 1 is 0.414 bits per heavy atom. The van der Waals surface area contributed by atoms with E-state index < -0.39 is 8.07 Å². The van der Waals surface area contributed by atoms with Crippen LogP contribution in [0.4, 0.5) is 0 Å². The summed E-state index contributed by atoms with van der Waals surface area (Å²) in [5.41, 5.74) is 9.72. The standard InChI is InChI=1S/C51H31N5SSi/c52-32-33-23-25-34(26-24-33)36-14-10-15-38(30-36)50-54-49(35-12-2-1-3-13-35)55-51(56-50)48-39(17-11-29-53-48)37-27-28-41-40-16-4-7-20-44(40)58(47(41)31-37)45-21-8-5-18-42(45)57-43-19-6-9-22-46(43)58/h1-31H. The fourth-order valence-corrected chi connectivity index (χ4v) is 16.2. The van der Waals surface area contributed by atoms with Crippen LogP contribution in [0.15, 0.2) is 198 Å². The SMILES string of the molecule is N#Cc1ccc(-c2cccc(-c3nc(-c4ccccc4)nc(-c4ncccc4-c4ccc5c(c4)[Si]4(c6ccccc6Sc6ccccc64)c4ccccc4-5)n3)c2)cc1. The summed E-state index contributed by atoms with van der Waals surface area (Å²) in [5.74, 6) is 1.63. The fourth-order valence-electron chi connectivity index (χ4n) is 8.74. The fraction of sp³-hybridized carbons (Fsp3) is 0. The van der Waals surface area contributed by atoms with E-state index in [4.69, 9.17) is 19.9 Å². The molecule has 7 heteroatoms. The quantitative estimate of drug-likeness (QED) is 0.163. The number of hydrogen-bond acceptors (Lipinski definition) is 6. The Morgan fingerprint density at radius 3 is 1.76 bits per heavy atom. The number of hydrogen-bond donors (Lipinski definition) is 0. The van der Waals surface area contributed by atoms with Crippen LogP contribution in [-0.2, 0) is 0 Å². The third-order valence-corrected chi connectivity index (χ3v) is 17.8. The first-order valence-electron chi connectivity index (χ1n) is 19.2. The molecule has 11 rings (SSSR count). The molecule has 9 aromatic rings. The van der Waals surface area contributed by atoms with Gasteiger partial charge in [0, 0.05) is 32.7 Å². The van der Waals surface area contributed by atoms with Crippen LogP contribution in [0.2, 0.25) is 0 Å². The zero-order valence-electron chi connectivity index (χ0n) is 31.0. The van der Waals surface area contributed by atoms with Crippen LogP contribution in [0.5, 0.6) is 0 Å². The largest absolute Gasteiger partial charge is 0.252 e. The minimum Gasteiger partial charge on any atom is -0.252 e. The number of pyridine rings is 1. The van der Waals surface area contributed by atoms with Gasteiger partial charge >= 0.3 is 0 Å². The Hall–Kier alpha value is -7.24. The van der Waals surface area contributed by atoms with Crippen LogP contribution in [0, 0.1) is 11.3 Å². The molecule has 2 aliphatic rings. The summed E-state index contributed by atoms with van der Waals surface area (Å²) in [6.45, 7) is 0. The van der Waals surface area contributed by atoms with Gasteiger partial charge in [0.25, 0.3) is 0 Å². The summed E-state index contributed by atoms with van der Waals surface area (Å²) in [6.07, 6.45) is 1.82. The zero-order chi connectivity index (χ0) is 38.6. The van der Waals surface area contributed by atoms with Crippen molar-refractivity contribution in [3.05, 3.63) is 194 Å². The molecule has 0 radical (unpaired) electrons. The molecule has 0 aliphatic carbocycles. The van der Waals surface area contributed by atoms with Gasteiger partial charge in [-0.05, 0) is 85.0 Å². The van der Waals surface area contributed by atoms with Gasteiger partial charge in [-0.1, -0.05) is 157 Å². The van der Waals surface area contributed by atoms with Gasteiger partial charge in [0.2, 0.25) is 0 Å². The highest BCUT2D eigenvalue weighted by Gasteiger charge is 2.52. The Labute approximate surface area is 341 Å². The predicted octanol–water partition coefficient (Wildman–Crippen LogP) is 9.30. The molecule has 7 aromatic carbocycles. The molecule has 0 N–H and O–H groups in total. The summed E-state index contributed by atoms with van der Waals surface area (Å²) in [7, 11) is -2.71. The van der Waals surface area contributed by atoms with Gasteiger partial charge < -0.3 is 0 Å². The van der Waals surface area contributed by atoms with Crippen molar-refractivity contribution in [3.8, 4) is 73.7 Å². The summed E-state index contributed by atoms with van der Waals surface area (Å²) in [6, 6.07) is 66.3. The number of benzene rings is 7. The molecule has 1 spiro atoms. The molecule has 0 bridgehead atoms. The number of fused-ring (bicyclic) bond motifs is 9. The Morgan fingerprint density at radius 2 is 1.00 bits per heavy atom. The summed E-state index contributed by atoms with van der Waals surface area (Å²) < 4.78 is 0. The van der Waals surface area contributed by atoms with E-state index in [1.165, 1.54) is 41.7 Å². The lowest BCUT2D eigenvalue weighted by molar-refractivity contribution is 1.06. The molecule has 0 saturated heterocycles. The molecule has 4 heterocycles. The van der Waals surface area contributed by atoms with Gasteiger partial charge in [0.15, 0.2) is 25.5 Å². The van der Waals surface area contributed by atoms with E-state index in [0.717, 1.165) is 33.4 Å². The highest BCUT2D eigenvalue weighted by Crippen LogP contribution is 2.40. The van der Waals surface area contributed by atoms with E-state index >= 15 is 0 Å². The molecular formula is C51H31N5SSi. The van der Waals surface area contributed by atoms with Gasteiger partial charge in [-0.15, -0.1) is 0 Å². The van der Waals surface area contributed by atoms with Crippen LogP contribution in [0.3, 0.4) is 0 Å². The van der Waals surface area contributed by atoms with Gasteiger partial charge in [-0.25, -0.2) is 15.0 Å². The second-order valence-electron chi connectivity index (χ2n) is 14.5. The average molecular weight is 774 g/mol. The van der Waals surface area contributed by atoms with E-state index in [9.17, 15) is 5.26 Å². The monoisotopic (exact) mass is 773 g/mol. The molecule has 58 heavy (non-hydrogen) atoms. The van der Waals surface area contributed by atoms with E-state index in [-0.39, 0.29) is 0 Å². The first-order chi connectivity index (χ1) is 28.7. The molecule has 0 atom stereocenters. The van der Waals surface area contributed by atoms with Crippen molar-refractivity contribution in [2.24, 2.45) is 0 Å². The molecule has 0 saturated carbocycles. The van der Waals surface area contributed by atoms with Crippen molar-refractivity contribution in [1.29, 1.82) is 5.26 Å². The topological polar surface area (TPSA) is 75.3 Å². The van der Waals surface area contributed by atoms with E-state index in [2.05, 4.69) is 115 Å².